The van der Waals surface area contributed by atoms with E-state index in [2.05, 4.69) is 5.32 Å². The standard InChI is InChI=1S/C16H15NO3/c1-17-9-10-19-13-7-4-8-14-15(13)11-5-2-3-6-12(11)16(18)20-14/h2-8,17H,9-10H2,1H3. The van der Waals surface area contributed by atoms with Crippen molar-refractivity contribution in [3.8, 4) is 5.75 Å². The molecule has 20 heavy (non-hydrogen) atoms. The number of benzene rings is 2. The molecule has 102 valence electrons. The minimum absolute atomic E-state index is 0.319. The van der Waals surface area contributed by atoms with Crippen molar-refractivity contribution >= 4 is 21.7 Å². The number of fused-ring (bicyclic) bond motifs is 3. The Balaban J connectivity index is 2.26. The topological polar surface area (TPSA) is 51.5 Å². The fourth-order valence-corrected chi connectivity index (χ4v) is 2.28. The Morgan fingerprint density at radius 3 is 2.70 bits per heavy atom. The molecule has 0 radical (unpaired) electrons. The van der Waals surface area contributed by atoms with E-state index in [1.807, 2.05) is 37.4 Å². The van der Waals surface area contributed by atoms with Crippen LogP contribution < -0.4 is 15.7 Å². The Morgan fingerprint density at radius 1 is 1.10 bits per heavy atom. The summed E-state index contributed by atoms with van der Waals surface area (Å²) in [4.78, 5) is 11.9. The van der Waals surface area contributed by atoms with Crippen molar-refractivity contribution in [3.05, 3.63) is 52.9 Å². The quantitative estimate of drug-likeness (QED) is 0.449. The Bertz CT molecular complexity index is 808. The van der Waals surface area contributed by atoms with Gasteiger partial charge in [-0.1, -0.05) is 24.3 Å². The molecule has 3 rings (SSSR count). The number of nitrogens with one attached hydrogen (secondary N) is 1. The third-order valence-corrected chi connectivity index (χ3v) is 3.22. The highest BCUT2D eigenvalue weighted by Crippen LogP contribution is 2.31. The summed E-state index contributed by atoms with van der Waals surface area (Å²) in [6, 6.07) is 12.9. The summed E-state index contributed by atoms with van der Waals surface area (Å²) in [5.41, 5.74) is 0.233. The SMILES string of the molecule is CNCCOc1cccc2oc(=O)c3ccccc3c12. The smallest absolute Gasteiger partial charge is 0.344 e. The van der Waals surface area contributed by atoms with Crippen molar-refractivity contribution in [1.82, 2.24) is 5.32 Å². The van der Waals surface area contributed by atoms with Gasteiger partial charge in [0.2, 0.25) is 0 Å². The maximum atomic E-state index is 11.9. The van der Waals surface area contributed by atoms with Gasteiger partial charge in [-0.2, -0.15) is 0 Å². The summed E-state index contributed by atoms with van der Waals surface area (Å²) in [5, 5.41) is 5.31. The first-order valence-corrected chi connectivity index (χ1v) is 6.53. The van der Waals surface area contributed by atoms with Crippen molar-refractivity contribution in [2.45, 2.75) is 0 Å². The number of likely N-dealkylation sites (N-methyl/N-ethyl adjacent to an activating group) is 1. The Kier molecular flexibility index (Phi) is 3.39. The van der Waals surface area contributed by atoms with Crippen LogP contribution in [0.2, 0.25) is 0 Å². The molecule has 1 N–H and O–H groups in total. The average molecular weight is 269 g/mol. The molecule has 0 unspecified atom stereocenters. The molecule has 4 heteroatoms. The second-order valence-corrected chi connectivity index (χ2v) is 4.52. The molecule has 1 heterocycles. The van der Waals surface area contributed by atoms with E-state index in [4.69, 9.17) is 9.15 Å². The normalized spacial score (nSPS) is 11.1. The van der Waals surface area contributed by atoms with E-state index in [0.29, 0.717) is 17.6 Å². The molecule has 1 aromatic heterocycles. The van der Waals surface area contributed by atoms with E-state index in [1.54, 1.807) is 12.1 Å². The van der Waals surface area contributed by atoms with E-state index >= 15 is 0 Å². The summed E-state index contributed by atoms with van der Waals surface area (Å²) in [5.74, 6) is 0.734. The molecule has 0 atom stereocenters. The van der Waals surface area contributed by atoms with Crippen LogP contribution in [0.25, 0.3) is 21.7 Å². The van der Waals surface area contributed by atoms with Crippen LogP contribution in [0.1, 0.15) is 0 Å². The van der Waals surface area contributed by atoms with Gasteiger partial charge in [0, 0.05) is 11.9 Å². The zero-order chi connectivity index (χ0) is 13.9. The number of hydrogen-bond acceptors (Lipinski definition) is 4. The Labute approximate surface area is 116 Å². The maximum absolute atomic E-state index is 11.9. The average Bonchev–Trinajstić information content (AvgIpc) is 2.48. The van der Waals surface area contributed by atoms with Crippen LogP contribution in [0.15, 0.2) is 51.7 Å². The maximum Gasteiger partial charge on any atom is 0.344 e. The molecule has 0 aliphatic rings. The molecule has 0 bridgehead atoms. The van der Waals surface area contributed by atoms with Crippen LogP contribution in [0.4, 0.5) is 0 Å². The second-order valence-electron chi connectivity index (χ2n) is 4.52. The van der Waals surface area contributed by atoms with Crippen molar-refractivity contribution < 1.29 is 9.15 Å². The van der Waals surface area contributed by atoms with E-state index in [1.165, 1.54) is 0 Å². The second kappa shape index (κ2) is 5.35. The largest absolute Gasteiger partial charge is 0.491 e. The molecular weight excluding hydrogens is 254 g/mol. The molecule has 4 nitrogen and oxygen atoms in total. The molecule has 0 amide bonds. The summed E-state index contributed by atoms with van der Waals surface area (Å²) in [7, 11) is 1.88. The molecule has 0 spiro atoms. The first kappa shape index (κ1) is 12.7. The van der Waals surface area contributed by atoms with Crippen molar-refractivity contribution in [2.75, 3.05) is 20.2 Å². The Morgan fingerprint density at radius 2 is 1.90 bits per heavy atom. The lowest BCUT2D eigenvalue weighted by molar-refractivity contribution is 0.322. The lowest BCUT2D eigenvalue weighted by atomic mass is 10.1. The van der Waals surface area contributed by atoms with Gasteiger partial charge in [-0.05, 0) is 25.2 Å². The summed E-state index contributed by atoms with van der Waals surface area (Å²) >= 11 is 0. The van der Waals surface area contributed by atoms with Gasteiger partial charge in [0.05, 0.1) is 10.8 Å². The molecule has 0 aliphatic carbocycles. The summed E-state index contributed by atoms with van der Waals surface area (Å²) in [6.07, 6.45) is 0. The highest BCUT2D eigenvalue weighted by molar-refractivity contribution is 6.07. The molecule has 0 saturated heterocycles. The fourth-order valence-electron chi connectivity index (χ4n) is 2.28. The molecule has 0 fully saturated rings. The predicted octanol–water partition coefficient (Wildman–Crippen LogP) is 2.54. The van der Waals surface area contributed by atoms with E-state index < -0.39 is 0 Å². The predicted molar refractivity (Wildman–Crippen MR) is 79.4 cm³/mol. The lowest BCUT2D eigenvalue weighted by Gasteiger charge is -2.10. The Hall–Kier alpha value is -2.33. The first-order chi connectivity index (χ1) is 9.81. The van der Waals surface area contributed by atoms with Crippen molar-refractivity contribution in [3.63, 3.8) is 0 Å². The highest BCUT2D eigenvalue weighted by atomic mass is 16.5. The van der Waals surface area contributed by atoms with Crippen LogP contribution in [-0.4, -0.2) is 20.2 Å². The van der Waals surface area contributed by atoms with Gasteiger partial charge in [-0.25, -0.2) is 4.79 Å². The monoisotopic (exact) mass is 269 g/mol. The first-order valence-electron chi connectivity index (χ1n) is 6.53. The molecule has 0 saturated carbocycles. The summed E-state index contributed by atoms with van der Waals surface area (Å²) in [6.45, 7) is 1.31. The van der Waals surface area contributed by atoms with Crippen molar-refractivity contribution in [1.29, 1.82) is 0 Å². The van der Waals surface area contributed by atoms with Crippen LogP contribution in [0.5, 0.6) is 5.75 Å². The van der Waals surface area contributed by atoms with Gasteiger partial charge in [0.15, 0.2) is 0 Å². The zero-order valence-corrected chi connectivity index (χ0v) is 11.2. The van der Waals surface area contributed by atoms with E-state index in [9.17, 15) is 4.79 Å². The van der Waals surface area contributed by atoms with Crippen LogP contribution in [-0.2, 0) is 0 Å². The molecular formula is C16H15NO3. The molecule has 2 aromatic carbocycles. The van der Waals surface area contributed by atoms with Crippen LogP contribution >= 0.6 is 0 Å². The van der Waals surface area contributed by atoms with E-state index in [-0.39, 0.29) is 5.63 Å². The van der Waals surface area contributed by atoms with Crippen LogP contribution in [0, 0.1) is 0 Å². The third-order valence-electron chi connectivity index (χ3n) is 3.22. The highest BCUT2D eigenvalue weighted by Gasteiger charge is 2.11. The number of hydrogen-bond donors (Lipinski definition) is 1. The van der Waals surface area contributed by atoms with Crippen molar-refractivity contribution in [2.24, 2.45) is 0 Å². The molecule has 0 aliphatic heterocycles. The minimum atomic E-state index is -0.319. The van der Waals surface area contributed by atoms with Gasteiger partial charge >= 0.3 is 5.63 Å². The number of ether oxygens (including phenoxy) is 1. The van der Waals surface area contributed by atoms with Gasteiger partial charge in [-0.3, -0.25) is 0 Å². The van der Waals surface area contributed by atoms with E-state index in [0.717, 1.165) is 23.1 Å². The fraction of sp³-hybridized carbons (Fsp3) is 0.188. The van der Waals surface area contributed by atoms with Gasteiger partial charge in [0.25, 0.3) is 0 Å². The van der Waals surface area contributed by atoms with Crippen LogP contribution in [0.3, 0.4) is 0 Å². The lowest BCUT2D eigenvalue weighted by Crippen LogP contribution is -2.16. The zero-order valence-electron chi connectivity index (χ0n) is 11.2. The van der Waals surface area contributed by atoms with Gasteiger partial charge in [0.1, 0.15) is 17.9 Å². The summed E-state index contributed by atoms with van der Waals surface area (Å²) < 4.78 is 11.2. The minimum Gasteiger partial charge on any atom is -0.491 e. The third kappa shape index (κ3) is 2.14. The molecule has 3 aromatic rings. The van der Waals surface area contributed by atoms with Gasteiger partial charge in [-0.15, -0.1) is 0 Å². The van der Waals surface area contributed by atoms with Gasteiger partial charge < -0.3 is 14.5 Å². The number of rotatable bonds is 4.